The molecule has 1 aromatic heterocycles. The Morgan fingerprint density at radius 3 is 2.62 bits per heavy atom. The molecule has 0 spiro atoms. The standard InChI is InChI=1S/C18H31NO2/c1-13(2)10-19-11-16-5-6-20-18(16)12-21-17-8-14(3)7-15(4)9-17/h5-6,13-15,17,19H,7-12H2,1-4H3. The maximum Gasteiger partial charge on any atom is 0.133 e. The van der Waals surface area contributed by atoms with E-state index in [-0.39, 0.29) is 0 Å². The summed E-state index contributed by atoms with van der Waals surface area (Å²) in [4.78, 5) is 0. The van der Waals surface area contributed by atoms with E-state index < -0.39 is 0 Å². The molecule has 1 saturated carbocycles. The monoisotopic (exact) mass is 293 g/mol. The predicted molar refractivity (Wildman–Crippen MR) is 86.0 cm³/mol. The summed E-state index contributed by atoms with van der Waals surface area (Å²) in [5.41, 5.74) is 1.23. The van der Waals surface area contributed by atoms with E-state index in [9.17, 15) is 0 Å². The Hall–Kier alpha value is -0.800. The second-order valence-electron chi connectivity index (χ2n) is 7.24. The first kappa shape index (κ1) is 16.6. The molecule has 1 aromatic rings. The molecule has 0 saturated heterocycles. The summed E-state index contributed by atoms with van der Waals surface area (Å²) in [6.45, 7) is 11.6. The van der Waals surface area contributed by atoms with E-state index in [1.54, 1.807) is 6.26 Å². The van der Waals surface area contributed by atoms with Crippen molar-refractivity contribution < 1.29 is 9.15 Å². The Bertz CT molecular complexity index is 403. The lowest BCUT2D eigenvalue weighted by atomic mass is 9.82. The number of rotatable bonds is 7. The average Bonchev–Trinajstić information content (AvgIpc) is 2.82. The summed E-state index contributed by atoms with van der Waals surface area (Å²) in [5.74, 6) is 3.21. The van der Waals surface area contributed by atoms with E-state index in [0.717, 1.165) is 30.7 Å². The Morgan fingerprint density at radius 2 is 1.95 bits per heavy atom. The molecule has 1 aliphatic rings. The molecule has 2 rings (SSSR count). The zero-order chi connectivity index (χ0) is 15.2. The molecular formula is C18H31NO2. The van der Waals surface area contributed by atoms with Gasteiger partial charge < -0.3 is 14.5 Å². The fourth-order valence-corrected chi connectivity index (χ4v) is 3.35. The first-order valence-electron chi connectivity index (χ1n) is 8.42. The molecule has 120 valence electrons. The molecule has 2 unspecified atom stereocenters. The van der Waals surface area contributed by atoms with Crippen LogP contribution in [-0.2, 0) is 17.9 Å². The highest BCUT2D eigenvalue weighted by Crippen LogP contribution is 2.31. The minimum absolute atomic E-state index is 0.394. The summed E-state index contributed by atoms with van der Waals surface area (Å²) >= 11 is 0. The highest BCUT2D eigenvalue weighted by Gasteiger charge is 2.24. The van der Waals surface area contributed by atoms with Crippen LogP contribution in [0.25, 0.3) is 0 Å². The van der Waals surface area contributed by atoms with E-state index >= 15 is 0 Å². The van der Waals surface area contributed by atoms with Crippen LogP contribution in [0.2, 0.25) is 0 Å². The van der Waals surface area contributed by atoms with Gasteiger partial charge in [-0.3, -0.25) is 0 Å². The van der Waals surface area contributed by atoms with Gasteiger partial charge in [0.05, 0.1) is 12.4 Å². The van der Waals surface area contributed by atoms with E-state index in [0.29, 0.717) is 18.6 Å². The van der Waals surface area contributed by atoms with E-state index in [1.807, 2.05) is 0 Å². The van der Waals surface area contributed by atoms with E-state index in [2.05, 4.69) is 39.1 Å². The maximum absolute atomic E-state index is 6.11. The Morgan fingerprint density at radius 1 is 1.24 bits per heavy atom. The van der Waals surface area contributed by atoms with Gasteiger partial charge in [-0.2, -0.15) is 0 Å². The first-order chi connectivity index (χ1) is 10.0. The fraction of sp³-hybridized carbons (Fsp3) is 0.778. The highest BCUT2D eigenvalue weighted by atomic mass is 16.5. The zero-order valence-corrected chi connectivity index (χ0v) is 14.0. The summed E-state index contributed by atoms with van der Waals surface area (Å²) in [6.07, 6.45) is 5.88. The van der Waals surface area contributed by atoms with Crippen LogP contribution in [0.1, 0.15) is 58.3 Å². The molecule has 1 N–H and O–H groups in total. The number of nitrogens with one attached hydrogen (secondary N) is 1. The van der Waals surface area contributed by atoms with E-state index in [4.69, 9.17) is 9.15 Å². The largest absolute Gasteiger partial charge is 0.467 e. The summed E-state index contributed by atoms with van der Waals surface area (Å²) < 4.78 is 11.7. The predicted octanol–water partition coefficient (Wildman–Crippen LogP) is 4.37. The molecule has 0 bridgehead atoms. The molecule has 3 heteroatoms. The first-order valence-corrected chi connectivity index (χ1v) is 8.42. The number of furan rings is 1. The number of hydrogen-bond donors (Lipinski definition) is 1. The number of hydrogen-bond acceptors (Lipinski definition) is 3. The van der Waals surface area contributed by atoms with Gasteiger partial charge >= 0.3 is 0 Å². The molecule has 0 aromatic carbocycles. The summed E-state index contributed by atoms with van der Waals surface area (Å²) in [5, 5.41) is 3.46. The van der Waals surface area contributed by atoms with Gasteiger partial charge in [0.1, 0.15) is 12.4 Å². The number of ether oxygens (including phenoxy) is 1. The van der Waals surface area contributed by atoms with Crippen LogP contribution in [0, 0.1) is 17.8 Å². The highest BCUT2D eigenvalue weighted by molar-refractivity contribution is 5.16. The van der Waals surface area contributed by atoms with Crippen LogP contribution < -0.4 is 5.32 Å². The van der Waals surface area contributed by atoms with Crippen molar-refractivity contribution in [3.63, 3.8) is 0 Å². The van der Waals surface area contributed by atoms with Crippen LogP contribution in [0.3, 0.4) is 0 Å². The van der Waals surface area contributed by atoms with Gasteiger partial charge in [-0.05, 0) is 49.6 Å². The van der Waals surface area contributed by atoms with Gasteiger partial charge in [-0.1, -0.05) is 27.7 Å². The third kappa shape index (κ3) is 5.48. The van der Waals surface area contributed by atoms with Crippen molar-refractivity contribution in [2.45, 2.75) is 66.2 Å². The van der Waals surface area contributed by atoms with Gasteiger partial charge in [-0.25, -0.2) is 0 Å². The third-order valence-corrected chi connectivity index (χ3v) is 4.29. The summed E-state index contributed by atoms with van der Waals surface area (Å²) in [6, 6.07) is 2.05. The molecule has 1 heterocycles. The lowest BCUT2D eigenvalue weighted by Gasteiger charge is -2.31. The lowest BCUT2D eigenvalue weighted by molar-refractivity contribution is -0.0160. The van der Waals surface area contributed by atoms with Gasteiger partial charge in [0, 0.05) is 12.1 Å². The van der Waals surface area contributed by atoms with E-state index in [1.165, 1.54) is 24.8 Å². The van der Waals surface area contributed by atoms with Crippen molar-refractivity contribution in [2.75, 3.05) is 6.54 Å². The molecule has 0 amide bonds. The van der Waals surface area contributed by atoms with Gasteiger partial charge in [-0.15, -0.1) is 0 Å². The molecule has 2 atom stereocenters. The minimum atomic E-state index is 0.394. The fourth-order valence-electron chi connectivity index (χ4n) is 3.35. The van der Waals surface area contributed by atoms with Gasteiger partial charge in [0.15, 0.2) is 0 Å². The third-order valence-electron chi connectivity index (χ3n) is 4.29. The molecule has 21 heavy (non-hydrogen) atoms. The van der Waals surface area contributed by atoms with Crippen LogP contribution in [0.4, 0.5) is 0 Å². The van der Waals surface area contributed by atoms with Crippen molar-refractivity contribution in [3.05, 3.63) is 23.7 Å². The van der Waals surface area contributed by atoms with Crippen molar-refractivity contribution >= 4 is 0 Å². The van der Waals surface area contributed by atoms with Crippen molar-refractivity contribution in [2.24, 2.45) is 17.8 Å². The second kappa shape index (κ2) is 8.00. The normalized spacial score (nSPS) is 26.4. The van der Waals surface area contributed by atoms with Gasteiger partial charge in [0.25, 0.3) is 0 Å². The Labute approximate surface area is 129 Å². The SMILES string of the molecule is CC(C)CNCc1ccoc1COC1CC(C)CC(C)C1. The quantitative estimate of drug-likeness (QED) is 0.810. The minimum Gasteiger partial charge on any atom is -0.467 e. The van der Waals surface area contributed by atoms with Crippen LogP contribution in [-0.4, -0.2) is 12.6 Å². The van der Waals surface area contributed by atoms with Gasteiger partial charge in [0.2, 0.25) is 0 Å². The molecule has 1 aliphatic carbocycles. The van der Waals surface area contributed by atoms with Crippen LogP contribution in [0.5, 0.6) is 0 Å². The average molecular weight is 293 g/mol. The maximum atomic E-state index is 6.11. The molecule has 0 aliphatic heterocycles. The molecular weight excluding hydrogens is 262 g/mol. The topological polar surface area (TPSA) is 34.4 Å². The second-order valence-corrected chi connectivity index (χ2v) is 7.24. The van der Waals surface area contributed by atoms with Crippen molar-refractivity contribution in [3.8, 4) is 0 Å². The van der Waals surface area contributed by atoms with Crippen molar-refractivity contribution in [1.29, 1.82) is 0 Å². The van der Waals surface area contributed by atoms with Crippen molar-refractivity contribution in [1.82, 2.24) is 5.32 Å². The zero-order valence-electron chi connectivity index (χ0n) is 14.0. The Balaban J connectivity index is 1.79. The summed E-state index contributed by atoms with van der Waals surface area (Å²) in [7, 11) is 0. The van der Waals surface area contributed by atoms with Crippen LogP contribution >= 0.6 is 0 Å². The smallest absolute Gasteiger partial charge is 0.133 e. The Kier molecular flexibility index (Phi) is 6.31. The van der Waals surface area contributed by atoms with Crippen LogP contribution in [0.15, 0.2) is 16.7 Å². The molecule has 0 radical (unpaired) electrons. The lowest BCUT2D eigenvalue weighted by Crippen LogP contribution is -2.26. The molecule has 3 nitrogen and oxygen atoms in total. The molecule has 1 fully saturated rings.